The van der Waals surface area contributed by atoms with E-state index < -0.39 is 0 Å². The van der Waals surface area contributed by atoms with Crippen molar-refractivity contribution in [2.24, 2.45) is 0 Å². The van der Waals surface area contributed by atoms with Gasteiger partial charge in [0, 0.05) is 38.8 Å². The minimum absolute atomic E-state index is 0.0523. The third-order valence-electron chi connectivity index (χ3n) is 3.72. The van der Waals surface area contributed by atoms with Crippen LogP contribution in [0.1, 0.15) is 33.4 Å². The summed E-state index contributed by atoms with van der Waals surface area (Å²) in [6, 6.07) is 2.01. The summed E-state index contributed by atoms with van der Waals surface area (Å²) in [5.74, 6) is 0.759. The number of nitrogens with zero attached hydrogens (tertiary/aromatic N) is 4. The van der Waals surface area contributed by atoms with E-state index in [9.17, 15) is 0 Å². The van der Waals surface area contributed by atoms with Crippen LogP contribution < -0.4 is 5.73 Å². The fourth-order valence-electron chi connectivity index (χ4n) is 2.55. The Bertz CT molecular complexity index is 410. The first-order valence-corrected chi connectivity index (χ1v) is 7.19. The molecule has 1 saturated heterocycles. The molecule has 0 unspecified atom stereocenters. The number of likely N-dealkylation sites (N-methyl/N-ethyl adjacent to an activating group) is 1. The minimum atomic E-state index is -0.0523. The maximum atomic E-state index is 6.05. The summed E-state index contributed by atoms with van der Waals surface area (Å²) in [7, 11) is 0. The van der Waals surface area contributed by atoms with Crippen LogP contribution in [0, 0.1) is 0 Å². The summed E-state index contributed by atoms with van der Waals surface area (Å²) < 4.78 is 1.92. The maximum Gasteiger partial charge on any atom is 0.122 e. The monoisotopic (exact) mass is 265 g/mol. The molecule has 0 radical (unpaired) electrons. The average molecular weight is 265 g/mol. The van der Waals surface area contributed by atoms with E-state index in [-0.39, 0.29) is 5.54 Å². The summed E-state index contributed by atoms with van der Waals surface area (Å²) in [4.78, 5) is 4.94. The molecule has 1 fully saturated rings. The van der Waals surface area contributed by atoms with Gasteiger partial charge in [-0.15, -0.1) is 0 Å². The lowest BCUT2D eigenvalue weighted by molar-refractivity contribution is 0.130. The van der Waals surface area contributed by atoms with E-state index in [1.54, 1.807) is 0 Å². The molecule has 0 amide bonds. The number of aromatic nitrogens is 2. The number of hydrogen-bond acceptors (Lipinski definition) is 4. The van der Waals surface area contributed by atoms with Gasteiger partial charge >= 0.3 is 0 Å². The fourth-order valence-corrected chi connectivity index (χ4v) is 2.55. The smallest absolute Gasteiger partial charge is 0.122 e. The molecule has 0 atom stereocenters. The highest BCUT2D eigenvalue weighted by Crippen LogP contribution is 2.19. The molecule has 5 heteroatoms. The van der Waals surface area contributed by atoms with Crippen molar-refractivity contribution in [2.45, 2.75) is 39.8 Å². The first-order valence-electron chi connectivity index (χ1n) is 7.19. The number of anilines is 1. The van der Waals surface area contributed by atoms with E-state index in [1.165, 1.54) is 0 Å². The van der Waals surface area contributed by atoms with Gasteiger partial charge in [-0.1, -0.05) is 6.92 Å². The third-order valence-corrected chi connectivity index (χ3v) is 3.72. The Morgan fingerprint density at radius 2 is 1.74 bits per heavy atom. The van der Waals surface area contributed by atoms with Crippen LogP contribution in [0.4, 0.5) is 5.82 Å². The van der Waals surface area contributed by atoms with Crippen LogP contribution in [0.25, 0.3) is 0 Å². The zero-order chi connectivity index (χ0) is 14.0. The molecule has 108 valence electrons. The summed E-state index contributed by atoms with van der Waals surface area (Å²) in [5, 5.41) is 4.65. The zero-order valence-corrected chi connectivity index (χ0v) is 12.7. The molecule has 1 aromatic rings. The Kier molecular flexibility index (Phi) is 4.16. The molecular formula is C14H27N5. The van der Waals surface area contributed by atoms with Gasteiger partial charge in [-0.05, 0) is 27.3 Å². The normalized spacial score (nSPS) is 18.9. The summed E-state index contributed by atoms with van der Waals surface area (Å²) in [6.07, 6.45) is 0. The molecule has 0 aliphatic carbocycles. The van der Waals surface area contributed by atoms with Crippen molar-refractivity contribution < 1.29 is 0 Å². The third kappa shape index (κ3) is 3.48. The number of hydrogen-bond donors (Lipinski definition) is 1. The molecule has 1 aliphatic rings. The second-order valence-corrected chi connectivity index (χ2v) is 6.35. The SMILES string of the molecule is CCN1CCN(Cc2cc(N)n(C(C)(C)C)n2)CC1. The molecule has 0 aromatic carbocycles. The van der Waals surface area contributed by atoms with Crippen molar-refractivity contribution in [2.75, 3.05) is 38.5 Å². The Morgan fingerprint density at radius 3 is 2.21 bits per heavy atom. The standard InChI is InChI=1S/C14H27N5/c1-5-17-6-8-18(9-7-17)11-12-10-13(15)19(16-12)14(2,3)4/h10H,5-9,11,15H2,1-4H3. The van der Waals surface area contributed by atoms with E-state index in [4.69, 9.17) is 5.73 Å². The summed E-state index contributed by atoms with van der Waals surface area (Å²) in [5.41, 5.74) is 7.08. The molecule has 0 spiro atoms. The largest absolute Gasteiger partial charge is 0.384 e. The van der Waals surface area contributed by atoms with Crippen LogP contribution in [0.5, 0.6) is 0 Å². The van der Waals surface area contributed by atoms with Crippen molar-refractivity contribution in [1.29, 1.82) is 0 Å². The quantitative estimate of drug-likeness (QED) is 0.896. The number of rotatable bonds is 3. The van der Waals surface area contributed by atoms with Crippen molar-refractivity contribution >= 4 is 5.82 Å². The lowest BCUT2D eigenvalue weighted by atomic mass is 10.1. The predicted molar refractivity (Wildman–Crippen MR) is 79.0 cm³/mol. The summed E-state index contributed by atoms with van der Waals surface area (Å²) >= 11 is 0. The van der Waals surface area contributed by atoms with Gasteiger partial charge in [-0.3, -0.25) is 4.90 Å². The highest BCUT2D eigenvalue weighted by molar-refractivity contribution is 5.32. The molecule has 5 nitrogen and oxygen atoms in total. The molecule has 2 heterocycles. The Labute approximate surface area is 116 Å². The second-order valence-electron chi connectivity index (χ2n) is 6.35. The average Bonchev–Trinajstić information content (AvgIpc) is 2.71. The van der Waals surface area contributed by atoms with E-state index in [2.05, 4.69) is 42.6 Å². The van der Waals surface area contributed by atoms with Gasteiger partial charge in [0.2, 0.25) is 0 Å². The fraction of sp³-hybridized carbons (Fsp3) is 0.786. The van der Waals surface area contributed by atoms with Crippen molar-refractivity contribution in [3.63, 3.8) is 0 Å². The van der Waals surface area contributed by atoms with Crippen molar-refractivity contribution in [3.8, 4) is 0 Å². The van der Waals surface area contributed by atoms with E-state index >= 15 is 0 Å². The van der Waals surface area contributed by atoms with Crippen molar-refractivity contribution in [3.05, 3.63) is 11.8 Å². The molecule has 0 saturated carbocycles. The van der Waals surface area contributed by atoms with E-state index in [0.29, 0.717) is 0 Å². The van der Waals surface area contributed by atoms with Gasteiger partial charge in [0.25, 0.3) is 0 Å². The van der Waals surface area contributed by atoms with Gasteiger partial charge in [0.05, 0.1) is 11.2 Å². The lowest BCUT2D eigenvalue weighted by Gasteiger charge is -2.33. The van der Waals surface area contributed by atoms with Crippen molar-refractivity contribution in [1.82, 2.24) is 19.6 Å². The highest BCUT2D eigenvalue weighted by Gasteiger charge is 2.20. The van der Waals surface area contributed by atoms with Crippen LogP contribution in [0.2, 0.25) is 0 Å². The molecule has 2 N–H and O–H groups in total. The van der Waals surface area contributed by atoms with Gasteiger partial charge in [0.1, 0.15) is 5.82 Å². The molecule has 0 bridgehead atoms. The second kappa shape index (κ2) is 5.51. The first kappa shape index (κ1) is 14.3. The number of nitrogen functional groups attached to an aromatic ring is 1. The Hall–Kier alpha value is -1.07. The Morgan fingerprint density at radius 1 is 1.16 bits per heavy atom. The van der Waals surface area contributed by atoms with Gasteiger partial charge in [-0.2, -0.15) is 5.10 Å². The Balaban J connectivity index is 1.97. The van der Waals surface area contributed by atoms with Gasteiger partial charge in [-0.25, -0.2) is 4.68 Å². The van der Waals surface area contributed by atoms with Crippen LogP contribution in [0.15, 0.2) is 6.07 Å². The number of nitrogens with two attached hydrogens (primary N) is 1. The predicted octanol–water partition coefficient (Wildman–Crippen LogP) is 1.36. The van der Waals surface area contributed by atoms with Crippen LogP contribution in [-0.2, 0) is 12.1 Å². The molecule has 1 aliphatic heterocycles. The molecule has 1 aromatic heterocycles. The van der Waals surface area contributed by atoms with E-state index in [0.717, 1.165) is 50.8 Å². The topological polar surface area (TPSA) is 50.3 Å². The van der Waals surface area contributed by atoms with Crippen LogP contribution in [-0.4, -0.2) is 52.3 Å². The molecule has 19 heavy (non-hydrogen) atoms. The van der Waals surface area contributed by atoms with Crippen LogP contribution in [0.3, 0.4) is 0 Å². The molecular weight excluding hydrogens is 238 g/mol. The number of piperazine rings is 1. The summed E-state index contributed by atoms with van der Waals surface area (Å²) in [6.45, 7) is 15.2. The zero-order valence-electron chi connectivity index (χ0n) is 12.7. The lowest BCUT2D eigenvalue weighted by Crippen LogP contribution is -2.45. The van der Waals surface area contributed by atoms with E-state index in [1.807, 2.05) is 10.7 Å². The molecule has 2 rings (SSSR count). The highest BCUT2D eigenvalue weighted by atomic mass is 15.4. The van der Waals surface area contributed by atoms with Gasteiger partial charge in [0.15, 0.2) is 0 Å². The maximum absolute atomic E-state index is 6.05. The van der Waals surface area contributed by atoms with Gasteiger partial charge < -0.3 is 10.6 Å². The minimum Gasteiger partial charge on any atom is -0.384 e. The van der Waals surface area contributed by atoms with Crippen LogP contribution >= 0.6 is 0 Å². The first-order chi connectivity index (χ1) is 8.90.